The molecule has 0 saturated carbocycles. The number of carboxylic acids is 1. The zero-order chi connectivity index (χ0) is 15.8. The van der Waals surface area contributed by atoms with Gasteiger partial charge in [0.25, 0.3) is 0 Å². The summed E-state index contributed by atoms with van der Waals surface area (Å²) in [4.78, 5) is 21.9. The van der Waals surface area contributed by atoms with Crippen molar-refractivity contribution >= 4 is 11.8 Å². The quantitative estimate of drug-likeness (QED) is 0.382. The lowest BCUT2D eigenvalue weighted by molar-refractivity contribution is -0.137. The molecular formula is C18H34O3. The van der Waals surface area contributed by atoms with Crippen molar-refractivity contribution in [2.45, 2.75) is 103 Å². The van der Waals surface area contributed by atoms with E-state index >= 15 is 0 Å². The lowest BCUT2D eigenvalue weighted by Crippen LogP contribution is -1.97. The zero-order valence-electron chi connectivity index (χ0n) is 13.9. The molecule has 0 amide bonds. The number of ketones is 1. The average molecular weight is 298 g/mol. The molecule has 1 N–H and O–H groups in total. The van der Waals surface area contributed by atoms with E-state index in [1.165, 1.54) is 44.9 Å². The van der Waals surface area contributed by atoms with Crippen molar-refractivity contribution in [1.82, 2.24) is 0 Å². The van der Waals surface area contributed by atoms with Crippen molar-refractivity contribution < 1.29 is 14.7 Å². The lowest BCUT2D eigenvalue weighted by Gasteiger charge is -2.02. The number of carbonyl (C=O) groups is 2. The summed E-state index contributed by atoms with van der Waals surface area (Å²) >= 11 is 0. The van der Waals surface area contributed by atoms with Crippen LogP contribution in [0, 0.1) is 0 Å². The molecule has 0 fully saturated rings. The van der Waals surface area contributed by atoms with Gasteiger partial charge in [-0.3, -0.25) is 9.59 Å². The Labute approximate surface area is 130 Å². The highest BCUT2D eigenvalue weighted by Gasteiger charge is 2.01. The second-order valence-electron chi connectivity index (χ2n) is 6.07. The van der Waals surface area contributed by atoms with Gasteiger partial charge >= 0.3 is 5.97 Å². The third-order valence-corrected chi connectivity index (χ3v) is 3.91. The van der Waals surface area contributed by atoms with Crippen LogP contribution in [0.25, 0.3) is 0 Å². The predicted octanol–water partition coefficient (Wildman–Crippen LogP) is 5.51. The van der Waals surface area contributed by atoms with Crippen LogP contribution >= 0.6 is 0 Å². The van der Waals surface area contributed by atoms with Crippen molar-refractivity contribution in [1.29, 1.82) is 0 Å². The van der Waals surface area contributed by atoms with Crippen LogP contribution in [0.3, 0.4) is 0 Å². The highest BCUT2D eigenvalue weighted by atomic mass is 16.4. The minimum atomic E-state index is -0.681. The van der Waals surface area contributed by atoms with E-state index in [1.807, 2.05) is 0 Å². The fourth-order valence-corrected chi connectivity index (χ4v) is 2.53. The molecule has 0 aromatic rings. The molecule has 0 saturated heterocycles. The molecular weight excluding hydrogens is 264 g/mol. The number of hydrogen-bond donors (Lipinski definition) is 1. The van der Waals surface area contributed by atoms with Gasteiger partial charge in [0.2, 0.25) is 0 Å². The average Bonchev–Trinajstić information content (AvgIpc) is 2.44. The topological polar surface area (TPSA) is 54.4 Å². The number of unbranched alkanes of at least 4 members (excludes halogenated alkanes) is 10. The van der Waals surface area contributed by atoms with E-state index < -0.39 is 5.97 Å². The summed E-state index contributed by atoms with van der Waals surface area (Å²) in [6.45, 7) is 2.16. The molecule has 0 heterocycles. The van der Waals surface area contributed by atoms with Gasteiger partial charge in [-0.2, -0.15) is 0 Å². The third kappa shape index (κ3) is 17.1. The zero-order valence-corrected chi connectivity index (χ0v) is 13.9. The van der Waals surface area contributed by atoms with Gasteiger partial charge < -0.3 is 5.11 Å². The Hall–Kier alpha value is -0.860. The molecule has 0 atom stereocenters. The molecule has 3 nitrogen and oxygen atoms in total. The van der Waals surface area contributed by atoms with Crippen molar-refractivity contribution in [2.75, 3.05) is 0 Å². The minimum Gasteiger partial charge on any atom is -0.481 e. The Morgan fingerprint density at radius 2 is 1.00 bits per heavy atom. The Bertz CT molecular complexity index is 261. The molecule has 0 unspecified atom stereocenters. The fourth-order valence-electron chi connectivity index (χ4n) is 2.53. The highest BCUT2D eigenvalue weighted by Crippen LogP contribution is 2.12. The molecule has 3 heteroatoms. The minimum absolute atomic E-state index is 0.312. The molecule has 0 aromatic heterocycles. The highest BCUT2D eigenvalue weighted by molar-refractivity contribution is 5.78. The number of Topliss-reactive ketones (excluding diaryl/α,β-unsaturated/α-hetero) is 1. The number of aliphatic carboxylic acids is 1. The number of rotatable bonds is 16. The first-order valence-corrected chi connectivity index (χ1v) is 8.90. The molecule has 0 aliphatic heterocycles. The van der Waals surface area contributed by atoms with E-state index in [1.54, 1.807) is 0 Å². The van der Waals surface area contributed by atoms with E-state index in [4.69, 9.17) is 5.11 Å². The van der Waals surface area contributed by atoms with Crippen molar-refractivity contribution in [3.63, 3.8) is 0 Å². The predicted molar refractivity (Wildman–Crippen MR) is 87.6 cm³/mol. The van der Waals surface area contributed by atoms with Crippen LogP contribution in [0.1, 0.15) is 103 Å². The van der Waals surface area contributed by atoms with Crippen molar-refractivity contribution in [3.05, 3.63) is 0 Å². The van der Waals surface area contributed by atoms with Gasteiger partial charge in [0.15, 0.2) is 0 Å². The molecule has 0 radical (unpaired) electrons. The molecule has 0 aliphatic rings. The second-order valence-corrected chi connectivity index (χ2v) is 6.07. The Balaban J connectivity index is 3.11. The van der Waals surface area contributed by atoms with Gasteiger partial charge in [0.05, 0.1) is 0 Å². The van der Waals surface area contributed by atoms with E-state index in [-0.39, 0.29) is 0 Å². The first kappa shape index (κ1) is 20.1. The molecule has 124 valence electrons. The monoisotopic (exact) mass is 298 g/mol. The number of carbonyl (C=O) groups excluding carboxylic acids is 1. The fraction of sp³-hybridized carbons (Fsp3) is 0.889. The summed E-state index contributed by atoms with van der Waals surface area (Å²) in [6, 6.07) is 0. The molecule has 0 spiro atoms. The maximum Gasteiger partial charge on any atom is 0.303 e. The van der Waals surface area contributed by atoms with Crippen LogP contribution in [-0.4, -0.2) is 16.9 Å². The summed E-state index contributed by atoms with van der Waals surface area (Å²) in [5, 5.41) is 8.51. The summed E-state index contributed by atoms with van der Waals surface area (Å²) in [5.74, 6) is -0.235. The smallest absolute Gasteiger partial charge is 0.303 e. The van der Waals surface area contributed by atoms with Crippen LogP contribution in [0.15, 0.2) is 0 Å². The standard InChI is InChI=1S/C18H34O3/c1-2-3-11-14-17(19)15-12-9-7-5-4-6-8-10-13-16-18(20)21/h2-16H2,1H3,(H,20,21). The number of hydrogen-bond acceptors (Lipinski definition) is 2. The molecule has 0 bridgehead atoms. The van der Waals surface area contributed by atoms with Crippen LogP contribution < -0.4 is 0 Å². The molecule has 0 rings (SSSR count). The van der Waals surface area contributed by atoms with Crippen molar-refractivity contribution in [3.8, 4) is 0 Å². The summed E-state index contributed by atoms with van der Waals surface area (Å²) < 4.78 is 0. The van der Waals surface area contributed by atoms with Gasteiger partial charge in [-0.1, -0.05) is 64.7 Å². The van der Waals surface area contributed by atoms with E-state index in [9.17, 15) is 9.59 Å². The summed E-state index contributed by atoms with van der Waals surface area (Å²) in [5.41, 5.74) is 0. The summed E-state index contributed by atoms with van der Waals surface area (Å²) in [7, 11) is 0. The Morgan fingerprint density at radius 1 is 0.619 bits per heavy atom. The van der Waals surface area contributed by atoms with Gasteiger partial charge in [-0.25, -0.2) is 0 Å². The maximum absolute atomic E-state index is 11.6. The third-order valence-electron chi connectivity index (χ3n) is 3.91. The molecule has 0 aliphatic carbocycles. The van der Waals surface area contributed by atoms with E-state index in [2.05, 4.69) is 6.92 Å². The van der Waals surface area contributed by atoms with Crippen LogP contribution in [0.4, 0.5) is 0 Å². The van der Waals surface area contributed by atoms with Gasteiger partial charge in [-0.15, -0.1) is 0 Å². The molecule has 0 aromatic carbocycles. The van der Waals surface area contributed by atoms with Gasteiger partial charge in [0, 0.05) is 19.3 Å². The van der Waals surface area contributed by atoms with E-state index in [0.29, 0.717) is 12.2 Å². The first-order valence-electron chi connectivity index (χ1n) is 8.90. The van der Waals surface area contributed by atoms with Crippen LogP contribution in [-0.2, 0) is 9.59 Å². The largest absolute Gasteiger partial charge is 0.481 e. The van der Waals surface area contributed by atoms with Gasteiger partial charge in [0.1, 0.15) is 5.78 Å². The van der Waals surface area contributed by atoms with Gasteiger partial charge in [-0.05, 0) is 19.3 Å². The first-order chi connectivity index (χ1) is 10.2. The Kier molecular flexibility index (Phi) is 14.9. The number of carboxylic acid groups (broad SMARTS) is 1. The van der Waals surface area contributed by atoms with Crippen molar-refractivity contribution in [2.24, 2.45) is 0 Å². The van der Waals surface area contributed by atoms with E-state index in [0.717, 1.165) is 44.9 Å². The van der Waals surface area contributed by atoms with Crippen LogP contribution in [0.2, 0.25) is 0 Å². The maximum atomic E-state index is 11.6. The normalized spacial score (nSPS) is 10.7. The lowest BCUT2D eigenvalue weighted by atomic mass is 10.0. The van der Waals surface area contributed by atoms with Crippen LogP contribution in [0.5, 0.6) is 0 Å². The SMILES string of the molecule is CCCCCC(=O)CCCCCCCCCCCC(=O)O. The summed E-state index contributed by atoms with van der Waals surface area (Å²) in [6.07, 6.45) is 15.5. The Morgan fingerprint density at radius 3 is 1.43 bits per heavy atom. The molecule has 21 heavy (non-hydrogen) atoms. The second kappa shape index (κ2) is 15.5.